The molecule has 1 fully saturated rings. The van der Waals surface area contributed by atoms with Gasteiger partial charge in [-0.1, -0.05) is 17.3 Å². The van der Waals surface area contributed by atoms with E-state index >= 15 is 0 Å². The molecule has 1 saturated heterocycles. The van der Waals surface area contributed by atoms with Crippen molar-refractivity contribution in [2.75, 3.05) is 11.9 Å². The van der Waals surface area contributed by atoms with Crippen LogP contribution in [0.5, 0.6) is 0 Å². The lowest BCUT2D eigenvalue weighted by atomic mass is 10.1. The summed E-state index contributed by atoms with van der Waals surface area (Å²) in [4.78, 5) is 28.1. The fraction of sp³-hybridized carbons (Fsp3) is 0.381. The molecule has 1 aliphatic heterocycles. The topological polar surface area (TPSA) is 97.0 Å². The van der Waals surface area contributed by atoms with E-state index in [1.54, 1.807) is 6.92 Å². The first-order chi connectivity index (χ1) is 14.1. The molecule has 0 aliphatic carbocycles. The molecular weight excluding hydrogens is 368 g/mol. The first kappa shape index (κ1) is 19.0. The number of aryl methyl sites for hydroxylation is 3. The minimum Gasteiger partial charge on any atom is -0.339 e. The monoisotopic (exact) mass is 392 g/mol. The van der Waals surface area contributed by atoms with E-state index in [1.807, 2.05) is 48.2 Å². The predicted octanol–water partition coefficient (Wildman–Crippen LogP) is 3.52. The van der Waals surface area contributed by atoms with Crippen molar-refractivity contribution in [3.63, 3.8) is 0 Å². The molecule has 0 aromatic carbocycles. The lowest BCUT2D eigenvalue weighted by Crippen LogP contribution is -2.31. The van der Waals surface area contributed by atoms with Gasteiger partial charge in [0.1, 0.15) is 11.6 Å². The number of likely N-dealkylation sites (tertiary alicyclic amines) is 1. The van der Waals surface area contributed by atoms with E-state index in [1.165, 1.54) is 0 Å². The second-order valence-corrected chi connectivity index (χ2v) is 7.22. The molecule has 3 aromatic heterocycles. The largest absolute Gasteiger partial charge is 0.339 e. The third-order valence-electron chi connectivity index (χ3n) is 4.95. The number of carbonyl (C=O) groups excluding carboxylic acids is 1. The summed E-state index contributed by atoms with van der Waals surface area (Å²) in [5.74, 6) is 2.65. The lowest BCUT2D eigenvalue weighted by molar-refractivity contribution is -0.132. The second-order valence-electron chi connectivity index (χ2n) is 7.22. The first-order valence-corrected chi connectivity index (χ1v) is 9.85. The van der Waals surface area contributed by atoms with Crippen LogP contribution >= 0.6 is 0 Å². The van der Waals surface area contributed by atoms with E-state index in [0.717, 1.165) is 42.4 Å². The summed E-state index contributed by atoms with van der Waals surface area (Å²) < 4.78 is 5.11. The van der Waals surface area contributed by atoms with E-state index < -0.39 is 0 Å². The van der Waals surface area contributed by atoms with Gasteiger partial charge in [-0.25, -0.2) is 9.97 Å². The van der Waals surface area contributed by atoms with E-state index in [4.69, 9.17) is 9.51 Å². The Labute approximate surface area is 169 Å². The SMILES string of the molecule is Cc1cccc(Nc2cccc([C@@H]3CCCN3C(=O)CCc3nc(C)no3)n2)n1. The van der Waals surface area contributed by atoms with Crippen LogP contribution < -0.4 is 5.32 Å². The number of nitrogens with zero attached hydrogens (tertiary/aromatic N) is 5. The molecule has 0 spiro atoms. The Kier molecular flexibility index (Phi) is 5.50. The molecule has 1 atom stereocenters. The van der Waals surface area contributed by atoms with Crippen LogP contribution in [0.1, 0.15) is 48.4 Å². The van der Waals surface area contributed by atoms with Crippen LogP contribution in [-0.4, -0.2) is 37.5 Å². The number of nitrogens with one attached hydrogen (secondary N) is 1. The molecule has 4 heterocycles. The van der Waals surface area contributed by atoms with Gasteiger partial charge in [-0.3, -0.25) is 4.79 Å². The summed E-state index contributed by atoms with van der Waals surface area (Å²) in [5, 5.41) is 7.02. The van der Waals surface area contributed by atoms with E-state index in [2.05, 4.69) is 20.4 Å². The van der Waals surface area contributed by atoms with Crippen molar-refractivity contribution in [3.05, 3.63) is 59.5 Å². The van der Waals surface area contributed by atoms with Crippen molar-refractivity contribution in [2.45, 2.75) is 45.6 Å². The molecule has 0 saturated carbocycles. The lowest BCUT2D eigenvalue weighted by Gasteiger charge is -2.24. The van der Waals surface area contributed by atoms with Gasteiger partial charge in [-0.05, 0) is 51.0 Å². The van der Waals surface area contributed by atoms with E-state index in [9.17, 15) is 4.79 Å². The minimum absolute atomic E-state index is 0.0147. The third-order valence-corrected chi connectivity index (χ3v) is 4.95. The molecular formula is C21H24N6O2. The van der Waals surface area contributed by atoms with Crippen molar-refractivity contribution in [1.29, 1.82) is 0 Å². The molecule has 1 N–H and O–H groups in total. The van der Waals surface area contributed by atoms with E-state index in [-0.39, 0.29) is 11.9 Å². The molecule has 4 rings (SSSR count). The van der Waals surface area contributed by atoms with Crippen molar-refractivity contribution in [1.82, 2.24) is 25.0 Å². The fourth-order valence-corrected chi connectivity index (χ4v) is 3.62. The molecule has 8 nitrogen and oxygen atoms in total. The second kappa shape index (κ2) is 8.38. The summed E-state index contributed by atoms with van der Waals surface area (Å²) in [6, 6.07) is 11.6. The van der Waals surface area contributed by atoms with Gasteiger partial charge in [-0.2, -0.15) is 4.98 Å². The molecule has 0 bridgehead atoms. The molecule has 0 unspecified atom stereocenters. The van der Waals surface area contributed by atoms with Crippen molar-refractivity contribution >= 4 is 17.5 Å². The summed E-state index contributed by atoms with van der Waals surface area (Å²) >= 11 is 0. The van der Waals surface area contributed by atoms with Crippen LogP contribution in [0.2, 0.25) is 0 Å². The van der Waals surface area contributed by atoms with Crippen LogP contribution in [0.15, 0.2) is 40.9 Å². The third kappa shape index (κ3) is 4.59. The predicted molar refractivity (Wildman–Crippen MR) is 108 cm³/mol. The van der Waals surface area contributed by atoms with Gasteiger partial charge < -0.3 is 14.7 Å². The number of anilines is 2. The van der Waals surface area contributed by atoms with Crippen LogP contribution in [0.4, 0.5) is 11.6 Å². The van der Waals surface area contributed by atoms with Crippen molar-refractivity contribution in [2.24, 2.45) is 0 Å². The number of pyridine rings is 2. The molecule has 1 amide bonds. The Balaban J connectivity index is 1.44. The molecule has 1 aliphatic rings. The van der Waals surface area contributed by atoms with Crippen molar-refractivity contribution in [3.8, 4) is 0 Å². The van der Waals surface area contributed by atoms with Gasteiger partial charge in [-0.15, -0.1) is 0 Å². The number of hydrogen-bond donors (Lipinski definition) is 1. The van der Waals surface area contributed by atoms with Gasteiger partial charge in [0.05, 0.1) is 11.7 Å². The summed E-state index contributed by atoms with van der Waals surface area (Å²) in [6.45, 7) is 4.46. The average molecular weight is 392 g/mol. The quantitative estimate of drug-likeness (QED) is 0.685. The van der Waals surface area contributed by atoms with Crippen LogP contribution in [0.25, 0.3) is 0 Å². The standard InChI is InChI=1S/C21H24N6O2/c1-14-6-3-9-18(22-14)25-19-10-4-7-16(24-19)17-8-5-13-27(17)21(28)12-11-20-23-15(2)26-29-20/h3-4,6-7,9-10,17H,5,8,11-13H2,1-2H3,(H,22,24,25)/t17-/m0/s1. The Morgan fingerprint density at radius 1 is 1.14 bits per heavy atom. The number of aromatic nitrogens is 4. The summed E-state index contributed by atoms with van der Waals surface area (Å²) in [6.07, 6.45) is 2.68. The number of hydrogen-bond acceptors (Lipinski definition) is 7. The maximum atomic E-state index is 12.8. The normalized spacial score (nSPS) is 16.2. The highest BCUT2D eigenvalue weighted by molar-refractivity contribution is 5.77. The number of rotatable bonds is 6. The molecule has 3 aromatic rings. The minimum atomic E-state index is -0.0147. The van der Waals surface area contributed by atoms with Gasteiger partial charge in [0.2, 0.25) is 11.8 Å². The maximum Gasteiger partial charge on any atom is 0.227 e. The zero-order chi connectivity index (χ0) is 20.2. The number of carbonyl (C=O) groups is 1. The molecule has 29 heavy (non-hydrogen) atoms. The van der Waals surface area contributed by atoms with Gasteiger partial charge in [0, 0.05) is 25.1 Å². The highest BCUT2D eigenvalue weighted by atomic mass is 16.5. The highest BCUT2D eigenvalue weighted by Crippen LogP contribution is 2.32. The smallest absolute Gasteiger partial charge is 0.227 e. The maximum absolute atomic E-state index is 12.8. The Bertz CT molecular complexity index is 1000. The first-order valence-electron chi connectivity index (χ1n) is 9.85. The van der Waals surface area contributed by atoms with E-state index in [0.29, 0.717) is 24.6 Å². The number of amides is 1. The van der Waals surface area contributed by atoms with Crippen LogP contribution in [0, 0.1) is 13.8 Å². The Hall–Kier alpha value is -3.29. The van der Waals surface area contributed by atoms with Gasteiger partial charge >= 0.3 is 0 Å². The highest BCUT2D eigenvalue weighted by Gasteiger charge is 2.31. The average Bonchev–Trinajstić information content (AvgIpc) is 3.35. The fourth-order valence-electron chi connectivity index (χ4n) is 3.62. The zero-order valence-electron chi connectivity index (χ0n) is 16.6. The van der Waals surface area contributed by atoms with Gasteiger partial charge in [0.25, 0.3) is 0 Å². The summed E-state index contributed by atoms with van der Waals surface area (Å²) in [7, 11) is 0. The zero-order valence-corrected chi connectivity index (χ0v) is 16.6. The van der Waals surface area contributed by atoms with Gasteiger partial charge in [0.15, 0.2) is 5.82 Å². The Morgan fingerprint density at radius 3 is 2.69 bits per heavy atom. The summed E-state index contributed by atoms with van der Waals surface area (Å²) in [5.41, 5.74) is 1.83. The molecule has 0 radical (unpaired) electrons. The Morgan fingerprint density at radius 2 is 1.93 bits per heavy atom. The molecule has 150 valence electrons. The van der Waals surface area contributed by atoms with Crippen LogP contribution in [0.3, 0.4) is 0 Å². The van der Waals surface area contributed by atoms with Crippen LogP contribution in [-0.2, 0) is 11.2 Å². The molecule has 8 heteroatoms. The van der Waals surface area contributed by atoms with Crippen molar-refractivity contribution < 1.29 is 9.32 Å².